The second-order valence-electron chi connectivity index (χ2n) is 4.86. The molecule has 0 saturated carbocycles. The van der Waals surface area contributed by atoms with Crippen molar-refractivity contribution >= 4 is 10.8 Å². The minimum absolute atomic E-state index is 0.500. The third-order valence-corrected chi connectivity index (χ3v) is 3.47. The third-order valence-electron chi connectivity index (χ3n) is 3.47. The van der Waals surface area contributed by atoms with Gasteiger partial charge in [0.25, 0.3) is 0 Å². The van der Waals surface area contributed by atoms with Crippen LogP contribution in [0.1, 0.15) is 44.7 Å². The Morgan fingerprint density at radius 3 is 2.50 bits per heavy atom. The molecule has 1 N–H and O–H groups in total. The van der Waals surface area contributed by atoms with Crippen LogP contribution in [0.2, 0.25) is 0 Å². The maximum Gasteiger partial charge on any atom is 0.0320 e. The molecular weight excluding hydrogens is 218 g/mol. The Labute approximate surface area is 110 Å². The fourth-order valence-corrected chi connectivity index (χ4v) is 2.47. The van der Waals surface area contributed by atoms with Crippen LogP contribution in [0.15, 0.2) is 42.5 Å². The smallest absolute Gasteiger partial charge is 0.0320 e. The lowest BCUT2D eigenvalue weighted by Crippen LogP contribution is -2.20. The average Bonchev–Trinajstić information content (AvgIpc) is 2.43. The number of nitrogens with one attached hydrogen (secondary N) is 1. The summed E-state index contributed by atoms with van der Waals surface area (Å²) in [6, 6.07) is 15.9. The summed E-state index contributed by atoms with van der Waals surface area (Å²) in [7, 11) is 0. The molecule has 0 radical (unpaired) electrons. The monoisotopic (exact) mass is 241 g/mol. The first-order valence-corrected chi connectivity index (χ1v) is 7.07. The van der Waals surface area contributed by atoms with Crippen molar-refractivity contribution in [2.45, 2.75) is 39.2 Å². The summed E-state index contributed by atoms with van der Waals surface area (Å²) in [5.74, 6) is 0. The molecule has 0 amide bonds. The van der Waals surface area contributed by atoms with Crippen LogP contribution in [0.5, 0.6) is 0 Å². The molecule has 0 aromatic heterocycles. The third kappa shape index (κ3) is 3.11. The molecular formula is C17H23N. The lowest BCUT2D eigenvalue weighted by Gasteiger charge is -2.18. The van der Waals surface area contributed by atoms with E-state index in [9.17, 15) is 0 Å². The average molecular weight is 241 g/mol. The molecule has 0 saturated heterocycles. The van der Waals surface area contributed by atoms with Crippen molar-refractivity contribution in [2.24, 2.45) is 0 Å². The van der Waals surface area contributed by atoms with Crippen molar-refractivity contribution in [1.29, 1.82) is 0 Å². The summed E-state index contributed by atoms with van der Waals surface area (Å²) >= 11 is 0. The summed E-state index contributed by atoms with van der Waals surface area (Å²) in [5.41, 5.74) is 1.42. The molecule has 1 atom stereocenters. The van der Waals surface area contributed by atoms with Gasteiger partial charge in [-0.1, -0.05) is 63.1 Å². The van der Waals surface area contributed by atoms with Gasteiger partial charge in [0.2, 0.25) is 0 Å². The van der Waals surface area contributed by atoms with Gasteiger partial charge in [-0.2, -0.15) is 0 Å². The predicted molar refractivity (Wildman–Crippen MR) is 79.9 cm³/mol. The Balaban J connectivity index is 2.25. The van der Waals surface area contributed by atoms with Crippen molar-refractivity contribution < 1.29 is 0 Å². The molecule has 0 aliphatic heterocycles. The standard InChI is InChI=1S/C17H23N/c1-3-5-10-17(18-4-2)16-12-11-14-8-6-7-9-15(14)13-16/h6-9,11-13,17-18H,3-5,10H2,1-2H3. The molecule has 0 spiro atoms. The number of hydrogen-bond acceptors (Lipinski definition) is 1. The first-order valence-electron chi connectivity index (χ1n) is 7.07. The van der Waals surface area contributed by atoms with Gasteiger partial charge in [-0.05, 0) is 35.4 Å². The van der Waals surface area contributed by atoms with Crippen LogP contribution >= 0.6 is 0 Å². The van der Waals surface area contributed by atoms with Crippen LogP contribution in [0.3, 0.4) is 0 Å². The highest BCUT2D eigenvalue weighted by Gasteiger charge is 2.09. The number of unbranched alkanes of at least 4 members (excludes halogenated alkanes) is 1. The predicted octanol–water partition coefficient (Wildman–Crippen LogP) is 4.68. The van der Waals surface area contributed by atoms with Gasteiger partial charge in [-0.25, -0.2) is 0 Å². The molecule has 2 aromatic rings. The van der Waals surface area contributed by atoms with E-state index in [1.807, 2.05) is 0 Å². The Bertz CT molecular complexity index is 490. The second-order valence-corrected chi connectivity index (χ2v) is 4.86. The van der Waals surface area contributed by atoms with E-state index in [0.717, 1.165) is 6.54 Å². The van der Waals surface area contributed by atoms with Crippen molar-refractivity contribution in [3.63, 3.8) is 0 Å². The van der Waals surface area contributed by atoms with Crippen LogP contribution < -0.4 is 5.32 Å². The van der Waals surface area contributed by atoms with Gasteiger partial charge in [-0.3, -0.25) is 0 Å². The van der Waals surface area contributed by atoms with Gasteiger partial charge in [-0.15, -0.1) is 0 Å². The highest BCUT2D eigenvalue weighted by atomic mass is 14.9. The molecule has 96 valence electrons. The second kappa shape index (κ2) is 6.55. The number of benzene rings is 2. The maximum absolute atomic E-state index is 3.60. The summed E-state index contributed by atoms with van der Waals surface area (Å²) in [6.45, 7) is 5.46. The van der Waals surface area contributed by atoms with E-state index >= 15 is 0 Å². The summed E-state index contributed by atoms with van der Waals surface area (Å²) < 4.78 is 0. The van der Waals surface area contributed by atoms with Gasteiger partial charge >= 0.3 is 0 Å². The van der Waals surface area contributed by atoms with E-state index in [1.165, 1.54) is 35.6 Å². The molecule has 2 aromatic carbocycles. The zero-order chi connectivity index (χ0) is 12.8. The summed E-state index contributed by atoms with van der Waals surface area (Å²) in [6.07, 6.45) is 3.77. The lowest BCUT2D eigenvalue weighted by molar-refractivity contribution is 0.495. The molecule has 1 heteroatoms. The van der Waals surface area contributed by atoms with E-state index < -0.39 is 0 Å². The first kappa shape index (κ1) is 13.1. The fraction of sp³-hybridized carbons (Fsp3) is 0.412. The summed E-state index contributed by atoms with van der Waals surface area (Å²) in [4.78, 5) is 0. The Kier molecular flexibility index (Phi) is 4.77. The first-order chi connectivity index (χ1) is 8.85. The summed E-state index contributed by atoms with van der Waals surface area (Å²) in [5, 5.41) is 6.27. The van der Waals surface area contributed by atoms with E-state index in [0.29, 0.717) is 6.04 Å². The van der Waals surface area contributed by atoms with Gasteiger partial charge in [0, 0.05) is 6.04 Å². The molecule has 0 bridgehead atoms. The van der Waals surface area contributed by atoms with E-state index in [-0.39, 0.29) is 0 Å². The van der Waals surface area contributed by atoms with Gasteiger partial charge in [0.1, 0.15) is 0 Å². The van der Waals surface area contributed by atoms with Gasteiger partial charge in [0.15, 0.2) is 0 Å². The number of fused-ring (bicyclic) bond motifs is 1. The maximum atomic E-state index is 3.60. The lowest BCUT2D eigenvalue weighted by atomic mass is 9.98. The molecule has 2 rings (SSSR count). The fourth-order valence-electron chi connectivity index (χ4n) is 2.47. The molecule has 0 aliphatic rings. The van der Waals surface area contributed by atoms with Crippen LogP contribution in [-0.2, 0) is 0 Å². The molecule has 0 aliphatic carbocycles. The quantitative estimate of drug-likeness (QED) is 0.774. The highest BCUT2D eigenvalue weighted by Crippen LogP contribution is 2.23. The number of rotatable bonds is 6. The van der Waals surface area contributed by atoms with Crippen molar-refractivity contribution in [2.75, 3.05) is 6.54 Å². The topological polar surface area (TPSA) is 12.0 Å². The molecule has 18 heavy (non-hydrogen) atoms. The zero-order valence-corrected chi connectivity index (χ0v) is 11.4. The van der Waals surface area contributed by atoms with Crippen LogP contribution in [0.25, 0.3) is 10.8 Å². The van der Waals surface area contributed by atoms with Crippen molar-refractivity contribution in [3.8, 4) is 0 Å². The Hall–Kier alpha value is -1.34. The van der Waals surface area contributed by atoms with Crippen molar-refractivity contribution in [3.05, 3.63) is 48.0 Å². The normalized spacial score (nSPS) is 12.8. The van der Waals surface area contributed by atoms with E-state index in [4.69, 9.17) is 0 Å². The van der Waals surface area contributed by atoms with Crippen LogP contribution in [0.4, 0.5) is 0 Å². The largest absolute Gasteiger partial charge is 0.310 e. The van der Waals surface area contributed by atoms with Crippen molar-refractivity contribution in [1.82, 2.24) is 5.32 Å². The van der Waals surface area contributed by atoms with Crippen LogP contribution in [-0.4, -0.2) is 6.54 Å². The molecule has 1 nitrogen and oxygen atoms in total. The molecule has 0 heterocycles. The Morgan fingerprint density at radius 1 is 1.00 bits per heavy atom. The minimum Gasteiger partial charge on any atom is -0.310 e. The van der Waals surface area contributed by atoms with Gasteiger partial charge in [0.05, 0.1) is 0 Å². The highest BCUT2D eigenvalue weighted by molar-refractivity contribution is 5.83. The number of hydrogen-bond donors (Lipinski definition) is 1. The van der Waals surface area contributed by atoms with E-state index in [1.54, 1.807) is 0 Å². The SMILES string of the molecule is CCCCC(NCC)c1ccc2ccccc2c1. The zero-order valence-electron chi connectivity index (χ0n) is 11.4. The molecule has 0 fully saturated rings. The minimum atomic E-state index is 0.500. The Morgan fingerprint density at radius 2 is 1.78 bits per heavy atom. The van der Waals surface area contributed by atoms with E-state index in [2.05, 4.69) is 61.6 Å². The molecule has 1 unspecified atom stereocenters. The van der Waals surface area contributed by atoms with Crippen LogP contribution in [0, 0.1) is 0 Å². The van der Waals surface area contributed by atoms with Gasteiger partial charge < -0.3 is 5.32 Å².